The second-order valence-electron chi connectivity index (χ2n) is 3.81. The van der Waals surface area contributed by atoms with Crippen LogP contribution < -0.4 is 15.4 Å². The molecular weight excluding hydrogens is 212 g/mol. The lowest BCUT2D eigenvalue weighted by molar-refractivity contribution is 0.415. The van der Waals surface area contributed by atoms with E-state index in [1.54, 1.807) is 7.11 Å². The molecule has 1 saturated heterocycles. The largest absolute Gasteiger partial charge is 0.495 e. The van der Waals surface area contributed by atoms with Crippen LogP contribution in [0.2, 0.25) is 5.02 Å². The third-order valence-electron chi connectivity index (χ3n) is 2.71. The summed E-state index contributed by atoms with van der Waals surface area (Å²) in [5.74, 6) is 0.855. The van der Waals surface area contributed by atoms with Gasteiger partial charge in [0, 0.05) is 24.2 Å². The highest BCUT2D eigenvalue weighted by Crippen LogP contribution is 2.32. The summed E-state index contributed by atoms with van der Waals surface area (Å²) in [6.07, 6.45) is 1.02. The van der Waals surface area contributed by atoms with Crippen LogP contribution in [0.5, 0.6) is 5.75 Å². The highest BCUT2D eigenvalue weighted by atomic mass is 35.5. The van der Waals surface area contributed by atoms with Crippen molar-refractivity contribution in [3.8, 4) is 5.75 Å². The summed E-state index contributed by atoms with van der Waals surface area (Å²) in [5.41, 5.74) is 6.92. The molecule has 1 atom stereocenters. The molecule has 0 aliphatic carbocycles. The lowest BCUT2D eigenvalue weighted by Crippen LogP contribution is -2.26. The summed E-state index contributed by atoms with van der Waals surface area (Å²) in [7, 11) is 1.67. The smallest absolute Gasteiger partial charge is 0.142 e. The van der Waals surface area contributed by atoms with Crippen molar-refractivity contribution in [3.63, 3.8) is 0 Å². The fourth-order valence-corrected chi connectivity index (χ4v) is 2.08. The van der Waals surface area contributed by atoms with Crippen LogP contribution in [-0.4, -0.2) is 26.2 Å². The minimum absolute atomic E-state index is 0.258. The van der Waals surface area contributed by atoms with E-state index in [0.29, 0.717) is 0 Å². The van der Waals surface area contributed by atoms with Crippen molar-refractivity contribution in [1.82, 2.24) is 0 Å². The zero-order valence-electron chi connectivity index (χ0n) is 8.74. The molecule has 2 N–H and O–H groups in total. The summed E-state index contributed by atoms with van der Waals surface area (Å²) >= 11 is 5.98. The third kappa shape index (κ3) is 2.19. The molecule has 1 aromatic carbocycles. The van der Waals surface area contributed by atoms with Crippen molar-refractivity contribution < 1.29 is 4.74 Å². The van der Waals surface area contributed by atoms with Crippen LogP contribution >= 0.6 is 11.6 Å². The fraction of sp³-hybridized carbons (Fsp3) is 0.455. The van der Waals surface area contributed by atoms with Gasteiger partial charge in [-0.25, -0.2) is 0 Å². The fourth-order valence-electron chi connectivity index (χ4n) is 1.92. The number of benzene rings is 1. The van der Waals surface area contributed by atoms with Crippen molar-refractivity contribution in [2.75, 3.05) is 25.1 Å². The van der Waals surface area contributed by atoms with Gasteiger partial charge in [0.2, 0.25) is 0 Å². The van der Waals surface area contributed by atoms with E-state index in [2.05, 4.69) is 4.90 Å². The number of rotatable bonds is 2. The standard InChI is InChI=1S/C11H15ClN2O/c1-15-11-3-2-8(12)6-10(11)14-5-4-9(13)7-14/h2-3,6,9H,4-5,7,13H2,1H3/t9-/m0/s1. The maximum Gasteiger partial charge on any atom is 0.142 e. The lowest BCUT2D eigenvalue weighted by atomic mass is 10.2. The molecule has 0 bridgehead atoms. The summed E-state index contributed by atoms with van der Waals surface area (Å²) in [6.45, 7) is 1.84. The van der Waals surface area contributed by atoms with Crippen molar-refractivity contribution in [2.24, 2.45) is 5.73 Å². The highest BCUT2D eigenvalue weighted by molar-refractivity contribution is 6.30. The average molecular weight is 227 g/mol. The van der Waals surface area contributed by atoms with Crippen LogP contribution in [0.25, 0.3) is 0 Å². The molecule has 82 valence electrons. The molecule has 2 rings (SSSR count). The van der Waals surface area contributed by atoms with E-state index >= 15 is 0 Å². The quantitative estimate of drug-likeness (QED) is 0.837. The molecule has 0 aromatic heterocycles. The van der Waals surface area contributed by atoms with E-state index < -0.39 is 0 Å². The molecule has 0 spiro atoms. The number of ether oxygens (including phenoxy) is 1. The van der Waals surface area contributed by atoms with Crippen molar-refractivity contribution in [1.29, 1.82) is 0 Å². The zero-order valence-corrected chi connectivity index (χ0v) is 9.50. The van der Waals surface area contributed by atoms with Crippen molar-refractivity contribution in [2.45, 2.75) is 12.5 Å². The van der Waals surface area contributed by atoms with Gasteiger partial charge in [-0.15, -0.1) is 0 Å². The topological polar surface area (TPSA) is 38.5 Å². The summed E-state index contributed by atoms with van der Waals surface area (Å²) in [6, 6.07) is 5.91. The third-order valence-corrected chi connectivity index (χ3v) is 2.94. The van der Waals surface area contributed by atoms with Crippen LogP contribution in [0.1, 0.15) is 6.42 Å². The molecule has 0 radical (unpaired) electrons. The maximum atomic E-state index is 5.98. The van der Waals surface area contributed by atoms with Gasteiger partial charge < -0.3 is 15.4 Å². The molecular formula is C11H15ClN2O. The van der Waals surface area contributed by atoms with Crippen LogP contribution in [0.15, 0.2) is 18.2 Å². The van der Waals surface area contributed by atoms with E-state index in [1.807, 2.05) is 18.2 Å². The normalized spacial score (nSPS) is 20.7. The van der Waals surface area contributed by atoms with Crippen LogP contribution in [-0.2, 0) is 0 Å². The number of anilines is 1. The summed E-state index contributed by atoms with van der Waals surface area (Å²) < 4.78 is 5.31. The molecule has 0 amide bonds. The van der Waals surface area contributed by atoms with Gasteiger partial charge in [-0.3, -0.25) is 0 Å². The van der Waals surface area contributed by atoms with Crippen LogP contribution in [0, 0.1) is 0 Å². The Hall–Kier alpha value is -0.930. The molecule has 1 aromatic rings. The first-order valence-electron chi connectivity index (χ1n) is 5.05. The molecule has 15 heavy (non-hydrogen) atoms. The van der Waals surface area contributed by atoms with Gasteiger partial charge in [0.15, 0.2) is 0 Å². The minimum atomic E-state index is 0.258. The SMILES string of the molecule is COc1ccc(Cl)cc1N1CC[C@H](N)C1. The number of nitrogens with two attached hydrogens (primary N) is 1. The van der Waals surface area contributed by atoms with Gasteiger partial charge in [0.25, 0.3) is 0 Å². The van der Waals surface area contributed by atoms with Gasteiger partial charge >= 0.3 is 0 Å². The first-order chi connectivity index (χ1) is 7.20. The first kappa shape index (κ1) is 10.6. The Bertz CT molecular complexity index is 356. The van der Waals surface area contributed by atoms with E-state index in [-0.39, 0.29) is 6.04 Å². The molecule has 1 aliphatic rings. The molecule has 3 nitrogen and oxygen atoms in total. The molecule has 1 fully saturated rings. The Morgan fingerprint density at radius 1 is 1.53 bits per heavy atom. The van der Waals surface area contributed by atoms with Gasteiger partial charge in [-0.05, 0) is 24.6 Å². The van der Waals surface area contributed by atoms with E-state index in [4.69, 9.17) is 22.1 Å². The number of hydrogen-bond donors (Lipinski definition) is 1. The van der Waals surface area contributed by atoms with Gasteiger partial charge in [0.1, 0.15) is 5.75 Å². The molecule has 4 heteroatoms. The molecule has 0 saturated carbocycles. The first-order valence-corrected chi connectivity index (χ1v) is 5.42. The minimum Gasteiger partial charge on any atom is -0.495 e. The predicted molar refractivity (Wildman–Crippen MR) is 62.8 cm³/mol. The Labute approximate surface area is 94.8 Å². The predicted octanol–water partition coefficient (Wildman–Crippen LogP) is 1.89. The number of hydrogen-bond acceptors (Lipinski definition) is 3. The van der Waals surface area contributed by atoms with E-state index in [9.17, 15) is 0 Å². The Morgan fingerprint density at radius 2 is 2.33 bits per heavy atom. The summed E-state index contributed by atoms with van der Waals surface area (Å²) in [4.78, 5) is 2.22. The molecule has 1 aliphatic heterocycles. The second kappa shape index (κ2) is 4.29. The maximum absolute atomic E-state index is 5.98. The number of nitrogens with zero attached hydrogens (tertiary/aromatic N) is 1. The van der Waals surface area contributed by atoms with Crippen LogP contribution in [0.3, 0.4) is 0 Å². The van der Waals surface area contributed by atoms with Crippen molar-refractivity contribution >= 4 is 17.3 Å². The summed E-state index contributed by atoms with van der Waals surface area (Å²) in [5, 5.41) is 0.728. The molecule has 1 heterocycles. The highest BCUT2D eigenvalue weighted by Gasteiger charge is 2.21. The Balaban J connectivity index is 2.29. The van der Waals surface area contributed by atoms with E-state index in [0.717, 1.165) is 36.0 Å². The van der Waals surface area contributed by atoms with Crippen molar-refractivity contribution in [3.05, 3.63) is 23.2 Å². The van der Waals surface area contributed by atoms with E-state index in [1.165, 1.54) is 0 Å². The second-order valence-corrected chi connectivity index (χ2v) is 4.25. The van der Waals surface area contributed by atoms with Gasteiger partial charge in [-0.1, -0.05) is 11.6 Å². The van der Waals surface area contributed by atoms with Gasteiger partial charge in [-0.2, -0.15) is 0 Å². The zero-order chi connectivity index (χ0) is 10.8. The Kier molecular flexibility index (Phi) is 3.03. The Morgan fingerprint density at radius 3 is 2.93 bits per heavy atom. The van der Waals surface area contributed by atoms with Gasteiger partial charge in [0.05, 0.1) is 12.8 Å². The lowest BCUT2D eigenvalue weighted by Gasteiger charge is -2.21. The van der Waals surface area contributed by atoms with Crippen LogP contribution in [0.4, 0.5) is 5.69 Å². The monoisotopic (exact) mass is 226 g/mol. The number of methoxy groups -OCH3 is 1. The molecule has 0 unspecified atom stereocenters. The number of halogens is 1. The average Bonchev–Trinajstić information content (AvgIpc) is 2.65.